The van der Waals surface area contributed by atoms with Crippen LogP contribution in [0.1, 0.15) is 245 Å². The van der Waals surface area contributed by atoms with Gasteiger partial charge in [-0.1, -0.05) is 231 Å². The molecule has 3 unspecified atom stereocenters. The molecule has 0 bridgehead atoms. The molecule has 0 aliphatic heterocycles. The molecular formula is C51H101N2O6P. The second kappa shape index (κ2) is 43.2. The highest BCUT2D eigenvalue weighted by Crippen LogP contribution is 2.38. The summed E-state index contributed by atoms with van der Waals surface area (Å²) in [6.07, 6.45) is 52.4. The predicted molar refractivity (Wildman–Crippen MR) is 256 cm³/mol. The normalized spacial score (nSPS) is 14.3. The molecule has 356 valence electrons. The minimum absolute atomic E-state index is 0.00399. The van der Waals surface area contributed by atoms with Crippen LogP contribution in [-0.4, -0.2) is 68.5 Å². The molecule has 0 radical (unpaired) electrons. The summed E-state index contributed by atoms with van der Waals surface area (Å²) in [5.41, 5.74) is 0. The molecule has 0 fully saturated rings. The molecule has 0 aromatic carbocycles. The molecule has 0 aliphatic carbocycles. The van der Waals surface area contributed by atoms with Crippen LogP contribution in [0.4, 0.5) is 0 Å². The molecule has 0 saturated heterocycles. The van der Waals surface area contributed by atoms with Gasteiger partial charge in [-0.15, -0.1) is 0 Å². The van der Waals surface area contributed by atoms with Gasteiger partial charge in [0.1, 0.15) is 13.2 Å². The number of nitrogens with one attached hydrogen (secondary N) is 1. The molecule has 0 aliphatic rings. The standard InChI is InChI=1S/C51H101N2O6P/c1-6-8-10-12-14-16-18-20-22-23-24-25-26-27-28-29-31-32-34-36-38-40-42-44-50(54)49(48-59-60(56,57)58-47-46-53(3,4)5)52-51(55)45-43-41-39-37-35-33-30-21-19-17-15-13-11-9-7-2/h34,36,42,44,49-50,54H,6-33,35,37-41,43,45-48H2,1-5H3,(H-,52,55,56,57)/b36-34+,44-42+. The highest BCUT2D eigenvalue weighted by molar-refractivity contribution is 7.45. The van der Waals surface area contributed by atoms with E-state index in [1.807, 2.05) is 27.2 Å². The minimum Gasteiger partial charge on any atom is -0.756 e. The van der Waals surface area contributed by atoms with Crippen molar-refractivity contribution in [3.63, 3.8) is 0 Å². The smallest absolute Gasteiger partial charge is 0.268 e. The van der Waals surface area contributed by atoms with Crippen molar-refractivity contribution < 1.29 is 32.9 Å². The van der Waals surface area contributed by atoms with Gasteiger partial charge in [0, 0.05) is 6.42 Å². The van der Waals surface area contributed by atoms with E-state index in [2.05, 4.69) is 31.3 Å². The van der Waals surface area contributed by atoms with Gasteiger partial charge in [0.05, 0.1) is 39.9 Å². The number of quaternary nitrogens is 1. The van der Waals surface area contributed by atoms with E-state index in [0.717, 1.165) is 38.5 Å². The van der Waals surface area contributed by atoms with Crippen molar-refractivity contribution in [1.29, 1.82) is 0 Å². The summed E-state index contributed by atoms with van der Waals surface area (Å²) in [4.78, 5) is 25.4. The maximum absolute atomic E-state index is 12.9. The quantitative estimate of drug-likeness (QED) is 0.0273. The van der Waals surface area contributed by atoms with E-state index in [-0.39, 0.29) is 19.1 Å². The van der Waals surface area contributed by atoms with E-state index < -0.39 is 20.0 Å². The Balaban J connectivity index is 4.31. The maximum atomic E-state index is 12.9. The summed E-state index contributed by atoms with van der Waals surface area (Å²) in [6.45, 7) is 4.65. The highest BCUT2D eigenvalue weighted by Gasteiger charge is 2.23. The molecule has 0 spiro atoms. The number of rotatable bonds is 47. The monoisotopic (exact) mass is 869 g/mol. The van der Waals surface area contributed by atoms with Crippen LogP contribution in [-0.2, 0) is 18.4 Å². The number of carbonyl (C=O) groups is 1. The molecule has 0 aromatic rings. The fourth-order valence-electron chi connectivity index (χ4n) is 7.58. The zero-order chi connectivity index (χ0) is 44.3. The number of carbonyl (C=O) groups excluding carboxylic acids is 1. The molecule has 0 saturated carbocycles. The third-order valence-corrected chi connectivity index (χ3v) is 12.6. The van der Waals surface area contributed by atoms with Crippen molar-refractivity contribution in [3.05, 3.63) is 24.3 Å². The third-order valence-electron chi connectivity index (χ3n) is 11.7. The van der Waals surface area contributed by atoms with E-state index in [1.54, 1.807) is 6.08 Å². The van der Waals surface area contributed by atoms with Crippen LogP contribution in [0, 0.1) is 0 Å². The van der Waals surface area contributed by atoms with Crippen LogP contribution >= 0.6 is 7.82 Å². The van der Waals surface area contributed by atoms with E-state index in [1.165, 1.54) is 186 Å². The number of likely N-dealkylation sites (N-methyl/N-ethyl adjacent to an activating group) is 1. The first-order valence-electron chi connectivity index (χ1n) is 25.7. The molecule has 0 aromatic heterocycles. The number of allylic oxidation sites excluding steroid dienone is 3. The lowest BCUT2D eigenvalue weighted by Crippen LogP contribution is -2.45. The van der Waals surface area contributed by atoms with Crippen LogP contribution in [0.25, 0.3) is 0 Å². The number of phosphoric ester groups is 1. The second-order valence-electron chi connectivity index (χ2n) is 18.9. The van der Waals surface area contributed by atoms with Crippen LogP contribution < -0.4 is 10.2 Å². The second-order valence-corrected chi connectivity index (χ2v) is 20.3. The number of amides is 1. The van der Waals surface area contributed by atoms with Gasteiger partial charge in [-0.2, -0.15) is 0 Å². The highest BCUT2D eigenvalue weighted by atomic mass is 31.2. The summed E-state index contributed by atoms with van der Waals surface area (Å²) in [5, 5.41) is 13.8. The first-order valence-corrected chi connectivity index (χ1v) is 27.2. The van der Waals surface area contributed by atoms with Crippen molar-refractivity contribution in [2.75, 3.05) is 40.9 Å². The van der Waals surface area contributed by atoms with Crippen LogP contribution in [0.2, 0.25) is 0 Å². The van der Waals surface area contributed by atoms with E-state index in [4.69, 9.17) is 9.05 Å². The summed E-state index contributed by atoms with van der Waals surface area (Å²) >= 11 is 0. The van der Waals surface area contributed by atoms with E-state index in [0.29, 0.717) is 17.4 Å². The van der Waals surface area contributed by atoms with Crippen LogP contribution in [0.3, 0.4) is 0 Å². The average Bonchev–Trinajstić information content (AvgIpc) is 3.20. The zero-order valence-corrected chi connectivity index (χ0v) is 41.3. The Morgan fingerprint density at radius 1 is 0.567 bits per heavy atom. The SMILES string of the molecule is CCCCCCCCCCCCCCCCCCC/C=C/CC/C=C/C(O)C(COP(=O)([O-])OCC[N+](C)(C)C)NC(=O)CCCCCCCCCCCCCCCCC. The first-order chi connectivity index (χ1) is 29.0. The van der Waals surface area contributed by atoms with Gasteiger partial charge in [0.2, 0.25) is 5.91 Å². The molecule has 0 rings (SSSR count). The van der Waals surface area contributed by atoms with Crippen molar-refractivity contribution in [1.82, 2.24) is 5.32 Å². The number of nitrogens with zero attached hydrogens (tertiary/aromatic N) is 1. The first kappa shape index (κ1) is 59.0. The molecule has 8 nitrogen and oxygen atoms in total. The Bertz CT molecular complexity index is 1030. The van der Waals surface area contributed by atoms with Gasteiger partial charge < -0.3 is 28.8 Å². The van der Waals surface area contributed by atoms with Gasteiger partial charge in [0.15, 0.2) is 0 Å². The molecular weight excluding hydrogens is 768 g/mol. The Kier molecular flexibility index (Phi) is 42.5. The molecule has 2 N–H and O–H groups in total. The fourth-order valence-corrected chi connectivity index (χ4v) is 8.30. The zero-order valence-electron chi connectivity index (χ0n) is 40.4. The van der Waals surface area contributed by atoms with E-state index >= 15 is 0 Å². The van der Waals surface area contributed by atoms with Crippen molar-refractivity contribution in [3.8, 4) is 0 Å². The summed E-state index contributed by atoms with van der Waals surface area (Å²) in [7, 11) is 1.25. The fraction of sp³-hybridized carbons (Fsp3) is 0.902. The number of phosphoric acid groups is 1. The third kappa shape index (κ3) is 45.0. The number of unbranched alkanes of at least 4 members (excludes halogenated alkanes) is 32. The number of aliphatic hydroxyl groups is 1. The van der Waals surface area contributed by atoms with E-state index in [9.17, 15) is 19.4 Å². The van der Waals surface area contributed by atoms with Crippen molar-refractivity contribution >= 4 is 13.7 Å². The van der Waals surface area contributed by atoms with Crippen LogP contribution in [0.5, 0.6) is 0 Å². The number of aliphatic hydroxyl groups excluding tert-OH is 1. The number of hydrogen-bond donors (Lipinski definition) is 2. The summed E-state index contributed by atoms with van der Waals surface area (Å²) in [5.74, 6) is -0.204. The topological polar surface area (TPSA) is 108 Å². The Hall–Kier alpha value is -1.02. The molecule has 60 heavy (non-hydrogen) atoms. The van der Waals surface area contributed by atoms with Crippen LogP contribution in [0.15, 0.2) is 24.3 Å². The predicted octanol–water partition coefficient (Wildman–Crippen LogP) is 14.2. The largest absolute Gasteiger partial charge is 0.756 e. The maximum Gasteiger partial charge on any atom is 0.268 e. The lowest BCUT2D eigenvalue weighted by Gasteiger charge is -2.29. The van der Waals surface area contributed by atoms with Gasteiger partial charge in [-0.05, 0) is 32.1 Å². The van der Waals surface area contributed by atoms with Crippen molar-refractivity contribution in [2.24, 2.45) is 0 Å². The molecule has 9 heteroatoms. The Labute approximate surface area is 373 Å². The Morgan fingerprint density at radius 2 is 0.933 bits per heavy atom. The lowest BCUT2D eigenvalue weighted by atomic mass is 10.0. The molecule has 3 atom stereocenters. The minimum atomic E-state index is -4.60. The average molecular weight is 869 g/mol. The lowest BCUT2D eigenvalue weighted by molar-refractivity contribution is -0.870. The van der Waals surface area contributed by atoms with Gasteiger partial charge in [0.25, 0.3) is 7.82 Å². The summed E-state index contributed by atoms with van der Waals surface area (Å²) < 4.78 is 23.3. The molecule has 0 heterocycles. The van der Waals surface area contributed by atoms with Crippen molar-refractivity contribution in [2.45, 2.75) is 257 Å². The Morgan fingerprint density at radius 3 is 1.35 bits per heavy atom. The summed E-state index contributed by atoms with van der Waals surface area (Å²) in [6, 6.07) is -0.898. The van der Waals surface area contributed by atoms with Gasteiger partial charge >= 0.3 is 0 Å². The van der Waals surface area contributed by atoms with Gasteiger partial charge in [-0.25, -0.2) is 0 Å². The molecule has 1 amide bonds. The van der Waals surface area contributed by atoms with Gasteiger partial charge in [-0.3, -0.25) is 9.36 Å². The number of hydrogen-bond acceptors (Lipinski definition) is 6.